The van der Waals surface area contributed by atoms with E-state index in [1.54, 1.807) is 0 Å². The summed E-state index contributed by atoms with van der Waals surface area (Å²) in [6, 6.07) is 10.8. The summed E-state index contributed by atoms with van der Waals surface area (Å²) in [6.07, 6.45) is 9.80. The monoisotopic (exact) mass is 381 g/mol. The van der Waals surface area contributed by atoms with E-state index in [1.165, 1.54) is 37.7 Å². The summed E-state index contributed by atoms with van der Waals surface area (Å²) >= 11 is 0. The fourth-order valence-electron chi connectivity index (χ4n) is 4.45. The number of carbonyl (C=O) groups excluding carboxylic acids is 1. The lowest BCUT2D eigenvalue weighted by Gasteiger charge is -2.35. The van der Waals surface area contributed by atoms with E-state index in [0.717, 1.165) is 45.0 Å². The Hall–Kier alpha value is -2.21. The minimum atomic E-state index is 0.272. The van der Waals surface area contributed by atoms with Crippen LogP contribution in [0.5, 0.6) is 0 Å². The van der Waals surface area contributed by atoms with Crippen LogP contribution in [0.25, 0.3) is 0 Å². The average molecular weight is 382 g/mol. The van der Waals surface area contributed by atoms with Crippen molar-refractivity contribution in [2.45, 2.75) is 57.5 Å². The SMILES string of the molecule is O=C(CCc1ccccc1)N1CCN(Cc2nncn2C2CCCCC2)CC1. The van der Waals surface area contributed by atoms with Crippen LogP contribution in [-0.4, -0.2) is 56.7 Å². The van der Waals surface area contributed by atoms with Crippen molar-refractivity contribution in [2.75, 3.05) is 26.2 Å². The topological polar surface area (TPSA) is 54.3 Å². The molecular weight excluding hydrogens is 350 g/mol. The van der Waals surface area contributed by atoms with E-state index in [0.29, 0.717) is 12.5 Å². The summed E-state index contributed by atoms with van der Waals surface area (Å²) in [5, 5.41) is 8.57. The largest absolute Gasteiger partial charge is 0.340 e. The van der Waals surface area contributed by atoms with E-state index in [1.807, 2.05) is 29.4 Å². The van der Waals surface area contributed by atoms with Gasteiger partial charge in [0.05, 0.1) is 6.54 Å². The predicted octanol–water partition coefficient (Wildman–Crippen LogP) is 3.06. The zero-order chi connectivity index (χ0) is 19.2. The van der Waals surface area contributed by atoms with Gasteiger partial charge in [-0.25, -0.2) is 0 Å². The molecule has 0 atom stereocenters. The molecule has 6 heteroatoms. The lowest BCUT2D eigenvalue weighted by molar-refractivity contribution is -0.133. The van der Waals surface area contributed by atoms with Gasteiger partial charge in [-0.05, 0) is 24.8 Å². The van der Waals surface area contributed by atoms with Gasteiger partial charge in [-0.2, -0.15) is 0 Å². The number of hydrogen-bond acceptors (Lipinski definition) is 4. The standard InChI is InChI=1S/C22H31N5O/c28-22(12-11-19-7-3-1-4-8-19)26-15-13-25(14-16-26)17-21-24-23-18-27(21)20-9-5-2-6-10-20/h1,3-4,7-8,18,20H,2,5-6,9-17H2. The highest BCUT2D eigenvalue weighted by Gasteiger charge is 2.24. The van der Waals surface area contributed by atoms with Gasteiger partial charge in [-0.15, -0.1) is 10.2 Å². The highest BCUT2D eigenvalue weighted by Crippen LogP contribution is 2.28. The van der Waals surface area contributed by atoms with E-state index in [9.17, 15) is 4.79 Å². The van der Waals surface area contributed by atoms with Crippen LogP contribution in [-0.2, 0) is 17.8 Å². The van der Waals surface area contributed by atoms with Gasteiger partial charge in [-0.3, -0.25) is 9.69 Å². The number of piperazine rings is 1. The molecule has 0 unspecified atom stereocenters. The average Bonchev–Trinajstić information content (AvgIpc) is 3.22. The summed E-state index contributed by atoms with van der Waals surface area (Å²) in [7, 11) is 0. The maximum Gasteiger partial charge on any atom is 0.222 e. The molecule has 6 nitrogen and oxygen atoms in total. The molecular formula is C22H31N5O. The molecule has 4 rings (SSSR count). The Morgan fingerprint density at radius 3 is 2.50 bits per heavy atom. The lowest BCUT2D eigenvalue weighted by atomic mass is 9.95. The number of amides is 1. The molecule has 2 fully saturated rings. The van der Waals surface area contributed by atoms with E-state index in [-0.39, 0.29) is 5.91 Å². The van der Waals surface area contributed by atoms with Gasteiger partial charge in [0.25, 0.3) is 0 Å². The number of nitrogens with zero attached hydrogens (tertiary/aromatic N) is 5. The minimum Gasteiger partial charge on any atom is -0.340 e. The summed E-state index contributed by atoms with van der Waals surface area (Å²) in [5.41, 5.74) is 1.23. The van der Waals surface area contributed by atoms with Gasteiger partial charge in [0.15, 0.2) is 0 Å². The molecule has 0 radical (unpaired) electrons. The van der Waals surface area contributed by atoms with Gasteiger partial charge >= 0.3 is 0 Å². The summed E-state index contributed by atoms with van der Waals surface area (Å²) in [6.45, 7) is 4.28. The zero-order valence-corrected chi connectivity index (χ0v) is 16.7. The Balaban J connectivity index is 1.24. The molecule has 1 aliphatic carbocycles. The van der Waals surface area contributed by atoms with Crippen LogP contribution in [0.15, 0.2) is 36.7 Å². The number of hydrogen-bond donors (Lipinski definition) is 0. The lowest BCUT2D eigenvalue weighted by Crippen LogP contribution is -2.48. The third-order valence-corrected chi connectivity index (χ3v) is 6.18. The van der Waals surface area contributed by atoms with Crippen LogP contribution in [0.2, 0.25) is 0 Å². The molecule has 0 bridgehead atoms. The second kappa shape index (κ2) is 9.32. The van der Waals surface area contributed by atoms with Crippen molar-refractivity contribution < 1.29 is 4.79 Å². The van der Waals surface area contributed by atoms with Crippen molar-refractivity contribution >= 4 is 5.91 Å². The third kappa shape index (κ3) is 4.79. The Morgan fingerprint density at radius 1 is 1.00 bits per heavy atom. The van der Waals surface area contributed by atoms with Crippen molar-refractivity contribution in [1.82, 2.24) is 24.6 Å². The Morgan fingerprint density at radius 2 is 1.75 bits per heavy atom. The Kier molecular flexibility index (Phi) is 6.37. The predicted molar refractivity (Wildman–Crippen MR) is 109 cm³/mol. The second-order valence-corrected chi connectivity index (χ2v) is 8.09. The Bertz CT molecular complexity index is 745. The number of carbonyl (C=O) groups is 1. The third-order valence-electron chi connectivity index (χ3n) is 6.18. The van der Waals surface area contributed by atoms with Crippen LogP contribution < -0.4 is 0 Å². The molecule has 1 aliphatic heterocycles. The maximum atomic E-state index is 12.5. The van der Waals surface area contributed by atoms with E-state index in [2.05, 4.69) is 31.8 Å². The van der Waals surface area contributed by atoms with Crippen LogP contribution in [0.1, 0.15) is 56.0 Å². The fourth-order valence-corrected chi connectivity index (χ4v) is 4.45. The van der Waals surface area contributed by atoms with Gasteiger partial charge in [-0.1, -0.05) is 49.6 Å². The van der Waals surface area contributed by atoms with Gasteiger partial charge < -0.3 is 9.47 Å². The highest BCUT2D eigenvalue weighted by atomic mass is 16.2. The highest BCUT2D eigenvalue weighted by molar-refractivity contribution is 5.76. The summed E-state index contributed by atoms with van der Waals surface area (Å²) in [4.78, 5) is 17.0. The molecule has 1 saturated heterocycles. The van der Waals surface area contributed by atoms with Crippen molar-refractivity contribution in [3.63, 3.8) is 0 Å². The van der Waals surface area contributed by atoms with E-state index >= 15 is 0 Å². The molecule has 1 aromatic carbocycles. The van der Waals surface area contributed by atoms with E-state index < -0.39 is 0 Å². The van der Waals surface area contributed by atoms with Crippen LogP contribution in [0.4, 0.5) is 0 Å². The van der Waals surface area contributed by atoms with E-state index in [4.69, 9.17) is 0 Å². The second-order valence-electron chi connectivity index (χ2n) is 8.09. The molecule has 0 spiro atoms. The Labute approximate surface area is 167 Å². The van der Waals surface area contributed by atoms with Crippen molar-refractivity contribution in [2.24, 2.45) is 0 Å². The maximum absolute atomic E-state index is 12.5. The van der Waals surface area contributed by atoms with Crippen LogP contribution >= 0.6 is 0 Å². The first-order valence-electron chi connectivity index (χ1n) is 10.7. The number of rotatable bonds is 6. The summed E-state index contributed by atoms with van der Waals surface area (Å²) < 4.78 is 2.30. The molecule has 1 aromatic heterocycles. The van der Waals surface area contributed by atoms with Gasteiger partial charge in [0.1, 0.15) is 12.2 Å². The van der Waals surface area contributed by atoms with Crippen molar-refractivity contribution in [1.29, 1.82) is 0 Å². The molecule has 2 aromatic rings. The van der Waals surface area contributed by atoms with Crippen LogP contribution in [0.3, 0.4) is 0 Å². The molecule has 2 aliphatic rings. The molecule has 150 valence electrons. The molecule has 0 N–H and O–H groups in total. The first-order chi connectivity index (χ1) is 13.8. The van der Waals surface area contributed by atoms with Crippen molar-refractivity contribution in [3.8, 4) is 0 Å². The van der Waals surface area contributed by atoms with Gasteiger partial charge in [0.2, 0.25) is 5.91 Å². The van der Waals surface area contributed by atoms with Gasteiger partial charge in [0, 0.05) is 38.6 Å². The van der Waals surface area contributed by atoms with Crippen molar-refractivity contribution in [3.05, 3.63) is 48.0 Å². The molecule has 28 heavy (non-hydrogen) atoms. The number of aromatic nitrogens is 3. The number of aryl methyl sites for hydroxylation is 1. The zero-order valence-electron chi connectivity index (χ0n) is 16.7. The summed E-state index contributed by atoms with van der Waals surface area (Å²) in [5.74, 6) is 1.35. The quantitative estimate of drug-likeness (QED) is 0.772. The normalized spacial score (nSPS) is 19.1. The van der Waals surface area contributed by atoms with Crippen LogP contribution in [0, 0.1) is 0 Å². The molecule has 1 saturated carbocycles. The minimum absolute atomic E-state index is 0.272. The number of benzene rings is 1. The molecule has 2 heterocycles. The first kappa shape index (κ1) is 19.1. The smallest absolute Gasteiger partial charge is 0.222 e. The first-order valence-corrected chi connectivity index (χ1v) is 10.7. The molecule has 1 amide bonds. The fraction of sp³-hybridized carbons (Fsp3) is 0.591.